The summed E-state index contributed by atoms with van der Waals surface area (Å²) in [5.41, 5.74) is -0.702. The van der Waals surface area contributed by atoms with Gasteiger partial charge in [0.25, 0.3) is 0 Å². The van der Waals surface area contributed by atoms with E-state index in [-0.39, 0.29) is 25.0 Å². The molecule has 0 aromatic rings. The second-order valence-corrected chi connectivity index (χ2v) is 5.75. The number of carboxylic acids is 1. The molecule has 0 aromatic carbocycles. The van der Waals surface area contributed by atoms with Crippen LogP contribution in [-0.4, -0.2) is 54.6 Å². The number of likely N-dealkylation sites (tertiary alicyclic amines) is 1. The highest BCUT2D eigenvalue weighted by Crippen LogP contribution is 2.17. The summed E-state index contributed by atoms with van der Waals surface area (Å²) in [4.78, 5) is 36.1. The van der Waals surface area contributed by atoms with Gasteiger partial charge < -0.3 is 20.6 Å². The van der Waals surface area contributed by atoms with Crippen LogP contribution in [0, 0.1) is 11.3 Å². The predicted octanol–water partition coefficient (Wildman–Crippen LogP) is 0.265. The SMILES string of the molecule is CNC(=O)C(C)(C)CNC(=O)N1CCC[C@H](C(=O)O)C1. The summed E-state index contributed by atoms with van der Waals surface area (Å²) in [7, 11) is 1.55. The fraction of sp³-hybridized carbons (Fsp3) is 0.769. The zero-order valence-electron chi connectivity index (χ0n) is 12.2. The van der Waals surface area contributed by atoms with E-state index in [9.17, 15) is 14.4 Å². The van der Waals surface area contributed by atoms with Crippen LogP contribution in [0.3, 0.4) is 0 Å². The van der Waals surface area contributed by atoms with Crippen LogP contribution in [0.1, 0.15) is 26.7 Å². The summed E-state index contributed by atoms with van der Waals surface area (Å²) >= 11 is 0. The quantitative estimate of drug-likeness (QED) is 0.690. The van der Waals surface area contributed by atoms with Gasteiger partial charge in [-0.3, -0.25) is 9.59 Å². The number of amides is 3. The Kier molecular flexibility index (Phi) is 5.35. The summed E-state index contributed by atoms with van der Waals surface area (Å²) in [6.45, 7) is 4.46. The number of urea groups is 1. The molecule has 0 aromatic heterocycles. The predicted molar refractivity (Wildman–Crippen MR) is 73.2 cm³/mol. The van der Waals surface area contributed by atoms with Gasteiger partial charge in [0.05, 0.1) is 11.3 Å². The van der Waals surface area contributed by atoms with Crippen molar-refractivity contribution in [2.45, 2.75) is 26.7 Å². The first kappa shape index (κ1) is 16.3. The van der Waals surface area contributed by atoms with Gasteiger partial charge >= 0.3 is 12.0 Å². The third kappa shape index (κ3) is 4.11. The van der Waals surface area contributed by atoms with Crippen LogP contribution in [0.2, 0.25) is 0 Å². The lowest BCUT2D eigenvalue weighted by Crippen LogP contribution is -2.50. The Morgan fingerprint density at radius 2 is 2.00 bits per heavy atom. The van der Waals surface area contributed by atoms with Gasteiger partial charge in [0.2, 0.25) is 5.91 Å². The standard InChI is InChI=1S/C13H23N3O4/c1-13(2,11(19)14-3)8-15-12(20)16-6-4-5-9(7-16)10(17)18/h9H,4-8H2,1-3H3,(H,14,19)(H,15,20)(H,17,18)/t9-/m0/s1. The summed E-state index contributed by atoms with van der Waals surface area (Å²) < 4.78 is 0. The minimum absolute atomic E-state index is 0.153. The van der Waals surface area contributed by atoms with E-state index < -0.39 is 17.3 Å². The lowest BCUT2D eigenvalue weighted by molar-refractivity contribution is -0.143. The van der Waals surface area contributed by atoms with E-state index in [0.29, 0.717) is 19.4 Å². The van der Waals surface area contributed by atoms with Gasteiger partial charge in [-0.25, -0.2) is 4.79 Å². The summed E-state index contributed by atoms with van der Waals surface area (Å²) in [5, 5.41) is 14.2. The third-order valence-electron chi connectivity index (χ3n) is 3.58. The summed E-state index contributed by atoms with van der Waals surface area (Å²) in [6, 6.07) is -0.312. The van der Waals surface area contributed by atoms with Crippen LogP contribution in [0.15, 0.2) is 0 Å². The van der Waals surface area contributed by atoms with E-state index in [1.807, 2.05) is 0 Å². The second kappa shape index (κ2) is 6.58. The molecule has 1 rings (SSSR count). The smallest absolute Gasteiger partial charge is 0.317 e. The van der Waals surface area contributed by atoms with Crippen LogP contribution < -0.4 is 10.6 Å². The maximum absolute atomic E-state index is 12.0. The fourth-order valence-corrected chi connectivity index (χ4v) is 2.19. The Morgan fingerprint density at radius 1 is 1.35 bits per heavy atom. The van der Waals surface area contributed by atoms with Crippen molar-refractivity contribution in [2.75, 3.05) is 26.7 Å². The van der Waals surface area contributed by atoms with Gasteiger partial charge in [0.15, 0.2) is 0 Å². The van der Waals surface area contributed by atoms with E-state index in [4.69, 9.17) is 5.11 Å². The molecule has 0 aliphatic carbocycles. The van der Waals surface area contributed by atoms with Crippen LogP contribution in [0.5, 0.6) is 0 Å². The van der Waals surface area contributed by atoms with Crippen molar-refractivity contribution in [1.82, 2.24) is 15.5 Å². The van der Waals surface area contributed by atoms with Crippen molar-refractivity contribution in [1.29, 1.82) is 0 Å². The molecule has 0 radical (unpaired) electrons. The Bertz CT molecular complexity index is 395. The summed E-state index contributed by atoms with van der Waals surface area (Å²) in [5.74, 6) is -1.52. The normalized spacial score (nSPS) is 19.4. The Balaban J connectivity index is 2.50. The lowest BCUT2D eigenvalue weighted by atomic mass is 9.92. The average Bonchev–Trinajstić information content (AvgIpc) is 2.43. The molecule has 7 heteroatoms. The number of hydrogen-bond acceptors (Lipinski definition) is 3. The number of rotatable bonds is 4. The van der Waals surface area contributed by atoms with Crippen LogP contribution in [-0.2, 0) is 9.59 Å². The molecule has 1 fully saturated rings. The number of hydrogen-bond donors (Lipinski definition) is 3. The highest BCUT2D eigenvalue weighted by atomic mass is 16.4. The molecule has 1 aliphatic rings. The lowest BCUT2D eigenvalue weighted by Gasteiger charge is -2.32. The van der Waals surface area contributed by atoms with Crippen molar-refractivity contribution < 1.29 is 19.5 Å². The summed E-state index contributed by atoms with van der Waals surface area (Å²) in [6.07, 6.45) is 1.28. The van der Waals surface area contributed by atoms with Gasteiger partial charge in [-0.1, -0.05) is 0 Å². The minimum atomic E-state index is -0.867. The fourth-order valence-electron chi connectivity index (χ4n) is 2.19. The second-order valence-electron chi connectivity index (χ2n) is 5.75. The number of nitrogens with zero attached hydrogens (tertiary/aromatic N) is 1. The number of carbonyl (C=O) groups excluding carboxylic acids is 2. The van der Waals surface area contributed by atoms with Crippen molar-refractivity contribution >= 4 is 17.9 Å². The number of carboxylic acid groups (broad SMARTS) is 1. The van der Waals surface area contributed by atoms with Crippen LogP contribution in [0.25, 0.3) is 0 Å². The van der Waals surface area contributed by atoms with E-state index in [1.165, 1.54) is 4.90 Å². The van der Waals surface area contributed by atoms with Crippen LogP contribution in [0.4, 0.5) is 4.79 Å². The molecule has 0 saturated carbocycles. The largest absolute Gasteiger partial charge is 0.481 e. The molecule has 114 valence electrons. The van der Waals surface area contributed by atoms with E-state index in [0.717, 1.165) is 0 Å². The third-order valence-corrected chi connectivity index (χ3v) is 3.58. The van der Waals surface area contributed by atoms with Crippen LogP contribution >= 0.6 is 0 Å². The Labute approximate surface area is 118 Å². The molecule has 3 amide bonds. The highest BCUT2D eigenvalue weighted by molar-refractivity contribution is 5.83. The van der Waals surface area contributed by atoms with E-state index in [1.54, 1.807) is 20.9 Å². The Morgan fingerprint density at radius 3 is 2.55 bits per heavy atom. The first-order chi connectivity index (χ1) is 9.27. The molecule has 0 bridgehead atoms. The molecule has 1 saturated heterocycles. The molecular weight excluding hydrogens is 262 g/mol. The first-order valence-corrected chi connectivity index (χ1v) is 6.75. The number of carbonyl (C=O) groups is 3. The molecule has 1 aliphatic heterocycles. The molecule has 3 N–H and O–H groups in total. The number of piperidine rings is 1. The number of aliphatic carboxylic acids is 1. The topological polar surface area (TPSA) is 98.7 Å². The van der Waals surface area contributed by atoms with Crippen molar-refractivity contribution in [3.05, 3.63) is 0 Å². The molecule has 0 unspecified atom stereocenters. The van der Waals surface area contributed by atoms with Crippen molar-refractivity contribution in [2.24, 2.45) is 11.3 Å². The molecule has 1 heterocycles. The number of nitrogens with one attached hydrogen (secondary N) is 2. The Hall–Kier alpha value is -1.79. The van der Waals surface area contributed by atoms with Gasteiger partial charge in [0.1, 0.15) is 0 Å². The molecule has 7 nitrogen and oxygen atoms in total. The maximum Gasteiger partial charge on any atom is 0.317 e. The zero-order chi connectivity index (χ0) is 15.3. The first-order valence-electron chi connectivity index (χ1n) is 6.75. The van der Waals surface area contributed by atoms with Crippen molar-refractivity contribution in [3.63, 3.8) is 0 Å². The molecule has 1 atom stereocenters. The van der Waals surface area contributed by atoms with Crippen molar-refractivity contribution in [3.8, 4) is 0 Å². The van der Waals surface area contributed by atoms with Gasteiger partial charge in [-0.15, -0.1) is 0 Å². The van der Waals surface area contributed by atoms with Gasteiger partial charge in [-0.05, 0) is 26.7 Å². The van der Waals surface area contributed by atoms with Gasteiger partial charge in [-0.2, -0.15) is 0 Å². The van der Waals surface area contributed by atoms with E-state index >= 15 is 0 Å². The van der Waals surface area contributed by atoms with E-state index in [2.05, 4.69) is 10.6 Å². The molecular formula is C13H23N3O4. The molecule has 20 heavy (non-hydrogen) atoms. The highest BCUT2D eigenvalue weighted by Gasteiger charge is 2.31. The van der Waals surface area contributed by atoms with Gasteiger partial charge in [0, 0.05) is 26.7 Å². The minimum Gasteiger partial charge on any atom is -0.481 e. The molecule has 0 spiro atoms. The zero-order valence-corrected chi connectivity index (χ0v) is 12.2. The maximum atomic E-state index is 12.0. The average molecular weight is 285 g/mol. The monoisotopic (exact) mass is 285 g/mol.